The van der Waals surface area contributed by atoms with E-state index >= 15 is 0 Å². The van der Waals surface area contributed by atoms with Gasteiger partial charge in [0.05, 0.1) is 12.6 Å². The molecule has 2 N–H and O–H groups in total. The van der Waals surface area contributed by atoms with Gasteiger partial charge in [-0.25, -0.2) is 0 Å². The van der Waals surface area contributed by atoms with Gasteiger partial charge in [0, 0.05) is 17.2 Å². The third-order valence-electron chi connectivity index (χ3n) is 3.47. The van der Waals surface area contributed by atoms with E-state index < -0.39 is 0 Å². The number of fused-ring (bicyclic) bond motifs is 2. The molecule has 0 bridgehead atoms. The summed E-state index contributed by atoms with van der Waals surface area (Å²) in [7, 11) is 0. The van der Waals surface area contributed by atoms with E-state index in [0.717, 1.165) is 28.4 Å². The molecule has 1 atom stereocenters. The van der Waals surface area contributed by atoms with Crippen molar-refractivity contribution in [3.63, 3.8) is 0 Å². The van der Waals surface area contributed by atoms with Gasteiger partial charge < -0.3 is 15.2 Å². The Bertz CT molecular complexity index is 659. The minimum atomic E-state index is -0.151. The van der Waals surface area contributed by atoms with E-state index in [2.05, 4.69) is 20.8 Å². The van der Waals surface area contributed by atoms with Crippen LogP contribution in [0.3, 0.4) is 0 Å². The van der Waals surface area contributed by atoms with Gasteiger partial charge in [0.25, 0.3) is 0 Å². The SMILES string of the molecule is CC(C)(C)COc1ccc2c(c1)Oc1ccccc1C2N. The molecule has 0 aliphatic carbocycles. The first-order valence-corrected chi connectivity index (χ1v) is 7.23. The quantitative estimate of drug-likeness (QED) is 0.895. The van der Waals surface area contributed by atoms with Crippen LogP contribution >= 0.6 is 0 Å². The monoisotopic (exact) mass is 283 g/mol. The second-order valence-corrected chi connectivity index (χ2v) is 6.67. The van der Waals surface area contributed by atoms with Gasteiger partial charge in [-0.3, -0.25) is 0 Å². The zero-order valence-corrected chi connectivity index (χ0v) is 12.7. The van der Waals surface area contributed by atoms with Crippen LogP contribution in [0.1, 0.15) is 37.9 Å². The predicted molar refractivity (Wildman–Crippen MR) is 83.9 cm³/mol. The zero-order valence-electron chi connectivity index (χ0n) is 12.7. The highest BCUT2D eigenvalue weighted by Crippen LogP contribution is 2.42. The highest BCUT2D eigenvalue weighted by atomic mass is 16.5. The molecule has 3 heteroatoms. The second-order valence-electron chi connectivity index (χ2n) is 6.67. The lowest BCUT2D eigenvalue weighted by Gasteiger charge is -2.26. The highest BCUT2D eigenvalue weighted by Gasteiger charge is 2.24. The first kappa shape index (κ1) is 14.0. The lowest BCUT2D eigenvalue weighted by molar-refractivity contribution is 0.197. The van der Waals surface area contributed by atoms with Gasteiger partial charge in [-0.05, 0) is 23.6 Å². The van der Waals surface area contributed by atoms with Crippen molar-refractivity contribution in [3.05, 3.63) is 53.6 Å². The summed E-state index contributed by atoms with van der Waals surface area (Å²) in [4.78, 5) is 0. The number of hydrogen-bond donors (Lipinski definition) is 1. The standard InChI is InChI=1S/C18H21NO2/c1-18(2,3)11-20-12-8-9-14-16(10-12)21-15-7-5-4-6-13(15)17(14)19/h4-10,17H,11,19H2,1-3H3. The van der Waals surface area contributed by atoms with E-state index in [-0.39, 0.29) is 11.5 Å². The fourth-order valence-corrected chi connectivity index (χ4v) is 2.37. The molecular weight excluding hydrogens is 262 g/mol. The van der Waals surface area contributed by atoms with Crippen molar-refractivity contribution in [1.82, 2.24) is 0 Å². The molecule has 1 aliphatic rings. The maximum atomic E-state index is 6.33. The Balaban J connectivity index is 1.88. The van der Waals surface area contributed by atoms with Crippen molar-refractivity contribution >= 4 is 0 Å². The van der Waals surface area contributed by atoms with Gasteiger partial charge in [-0.1, -0.05) is 39.0 Å². The molecule has 0 saturated carbocycles. The van der Waals surface area contributed by atoms with Gasteiger partial charge >= 0.3 is 0 Å². The Morgan fingerprint density at radius 3 is 2.52 bits per heavy atom. The van der Waals surface area contributed by atoms with Crippen molar-refractivity contribution in [2.75, 3.05) is 6.61 Å². The summed E-state index contributed by atoms with van der Waals surface area (Å²) in [5.74, 6) is 2.42. The third kappa shape index (κ3) is 2.88. The van der Waals surface area contributed by atoms with E-state index in [0.29, 0.717) is 6.61 Å². The molecule has 21 heavy (non-hydrogen) atoms. The van der Waals surface area contributed by atoms with Crippen LogP contribution in [-0.4, -0.2) is 6.61 Å². The molecule has 1 heterocycles. The summed E-state index contributed by atoms with van der Waals surface area (Å²) in [5, 5.41) is 0. The average molecular weight is 283 g/mol. The van der Waals surface area contributed by atoms with Crippen LogP contribution in [0.4, 0.5) is 0 Å². The molecule has 0 spiro atoms. The lowest BCUT2D eigenvalue weighted by Crippen LogP contribution is -2.19. The van der Waals surface area contributed by atoms with Crippen LogP contribution in [0.2, 0.25) is 0 Å². The fraction of sp³-hybridized carbons (Fsp3) is 0.333. The Kier molecular flexibility index (Phi) is 3.38. The normalized spacial score (nSPS) is 16.7. The Morgan fingerprint density at radius 1 is 1.05 bits per heavy atom. The zero-order chi connectivity index (χ0) is 15.0. The van der Waals surface area contributed by atoms with E-state index in [9.17, 15) is 0 Å². The van der Waals surface area contributed by atoms with Gasteiger partial charge in [-0.2, -0.15) is 0 Å². The Morgan fingerprint density at radius 2 is 1.76 bits per heavy atom. The van der Waals surface area contributed by atoms with Crippen LogP contribution in [0, 0.1) is 5.41 Å². The van der Waals surface area contributed by atoms with Crippen LogP contribution in [0.5, 0.6) is 17.2 Å². The molecule has 1 aliphatic heterocycles. The van der Waals surface area contributed by atoms with Crippen LogP contribution < -0.4 is 15.2 Å². The molecule has 0 fully saturated rings. The summed E-state index contributed by atoms with van der Waals surface area (Å²) in [6.45, 7) is 7.10. The van der Waals surface area contributed by atoms with Crippen LogP contribution in [0.25, 0.3) is 0 Å². The molecule has 2 aromatic carbocycles. The van der Waals surface area contributed by atoms with Gasteiger partial charge in [0.1, 0.15) is 17.2 Å². The van der Waals surface area contributed by atoms with Gasteiger partial charge in [0.15, 0.2) is 0 Å². The second kappa shape index (κ2) is 5.08. The first-order valence-electron chi connectivity index (χ1n) is 7.23. The number of nitrogens with two attached hydrogens (primary N) is 1. The average Bonchev–Trinajstić information content (AvgIpc) is 2.44. The topological polar surface area (TPSA) is 44.5 Å². The summed E-state index contributed by atoms with van der Waals surface area (Å²) in [6.07, 6.45) is 0. The number of ether oxygens (including phenoxy) is 2. The van der Waals surface area contributed by atoms with Crippen molar-refractivity contribution in [2.24, 2.45) is 11.1 Å². The van der Waals surface area contributed by atoms with E-state index in [1.54, 1.807) is 0 Å². The maximum Gasteiger partial charge on any atom is 0.136 e. The molecule has 110 valence electrons. The van der Waals surface area contributed by atoms with E-state index in [1.165, 1.54) is 0 Å². The molecule has 0 radical (unpaired) electrons. The lowest BCUT2D eigenvalue weighted by atomic mass is 9.95. The van der Waals surface area contributed by atoms with Crippen molar-refractivity contribution in [3.8, 4) is 17.2 Å². The molecular formula is C18H21NO2. The molecule has 0 saturated heterocycles. The molecule has 3 rings (SSSR count). The molecule has 3 nitrogen and oxygen atoms in total. The molecule has 0 amide bonds. The molecule has 2 aromatic rings. The van der Waals surface area contributed by atoms with Crippen molar-refractivity contribution < 1.29 is 9.47 Å². The number of para-hydroxylation sites is 1. The van der Waals surface area contributed by atoms with Gasteiger partial charge in [-0.15, -0.1) is 0 Å². The number of hydrogen-bond acceptors (Lipinski definition) is 3. The summed E-state index contributed by atoms with van der Waals surface area (Å²) < 4.78 is 11.8. The minimum Gasteiger partial charge on any atom is -0.493 e. The number of benzene rings is 2. The predicted octanol–water partition coefficient (Wildman–Crippen LogP) is 4.27. The van der Waals surface area contributed by atoms with Crippen LogP contribution in [-0.2, 0) is 0 Å². The fourth-order valence-electron chi connectivity index (χ4n) is 2.37. The maximum absolute atomic E-state index is 6.33. The summed E-state index contributed by atoms with van der Waals surface area (Å²) in [5.41, 5.74) is 8.47. The third-order valence-corrected chi connectivity index (χ3v) is 3.47. The molecule has 0 aromatic heterocycles. The van der Waals surface area contributed by atoms with E-state index in [1.807, 2.05) is 42.5 Å². The van der Waals surface area contributed by atoms with Crippen molar-refractivity contribution in [2.45, 2.75) is 26.8 Å². The van der Waals surface area contributed by atoms with Gasteiger partial charge in [0.2, 0.25) is 0 Å². The summed E-state index contributed by atoms with van der Waals surface area (Å²) in [6, 6.07) is 13.6. The van der Waals surface area contributed by atoms with Crippen molar-refractivity contribution in [1.29, 1.82) is 0 Å². The number of rotatable bonds is 2. The first-order chi connectivity index (χ1) is 9.94. The van der Waals surface area contributed by atoms with Crippen LogP contribution in [0.15, 0.2) is 42.5 Å². The summed E-state index contributed by atoms with van der Waals surface area (Å²) >= 11 is 0. The molecule has 1 unspecified atom stereocenters. The Labute approximate surface area is 125 Å². The largest absolute Gasteiger partial charge is 0.493 e. The minimum absolute atomic E-state index is 0.125. The Hall–Kier alpha value is -2.00. The van der Waals surface area contributed by atoms with E-state index in [4.69, 9.17) is 15.2 Å². The smallest absolute Gasteiger partial charge is 0.136 e. The highest BCUT2D eigenvalue weighted by molar-refractivity contribution is 5.54.